The van der Waals surface area contributed by atoms with Crippen LogP contribution in [0, 0.1) is 0 Å². The Morgan fingerprint density at radius 3 is 2.69 bits per heavy atom. The first-order valence-corrected chi connectivity index (χ1v) is 5.89. The van der Waals surface area contributed by atoms with E-state index in [4.69, 9.17) is 4.74 Å². The fraction of sp³-hybridized carbons (Fsp3) is 0.667. The first-order chi connectivity index (χ1) is 7.80. The van der Waals surface area contributed by atoms with E-state index in [9.17, 15) is 0 Å². The van der Waals surface area contributed by atoms with E-state index in [1.807, 2.05) is 6.07 Å². The number of methoxy groups -OCH3 is 1. The SMILES string of the molecule is CCCNc1cc(COC)nc(CCC)n1. The normalized spacial score (nSPS) is 10.4. The van der Waals surface area contributed by atoms with Gasteiger partial charge in [0.05, 0.1) is 12.3 Å². The van der Waals surface area contributed by atoms with Gasteiger partial charge < -0.3 is 10.1 Å². The molecule has 0 saturated heterocycles. The van der Waals surface area contributed by atoms with Gasteiger partial charge in [0.1, 0.15) is 11.6 Å². The predicted molar refractivity (Wildman–Crippen MR) is 65.5 cm³/mol. The molecule has 0 saturated carbocycles. The molecule has 4 nitrogen and oxygen atoms in total. The zero-order valence-electron chi connectivity index (χ0n) is 10.4. The summed E-state index contributed by atoms with van der Waals surface area (Å²) in [5, 5.41) is 3.29. The van der Waals surface area contributed by atoms with Gasteiger partial charge in [0, 0.05) is 26.1 Å². The molecule has 0 aromatic carbocycles. The number of ether oxygens (including phenoxy) is 1. The van der Waals surface area contributed by atoms with Crippen LogP contribution >= 0.6 is 0 Å². The lowest BCUT2D eigenvalue weighted by atomic mass is 10.3. The second-order valence-electron chi connectivity index (χ2n) is 3.77. The summed E-state index contributed by atoms with van der Waals surface area (Å²) in [6.07, 6.45) is 3.06. The van der Waals surface area contributed by atoms with E-state index in [2.05, 4.69) is 29.1 Å². The van der Waals surface area contributed by atoms with Gasteiger partial charge in [-0.15, -0.1) is 0 Å². The van der Waals surface area contributed by atoms with Gasteiger partial charge in [-0.1, -0.05) is 13.8 Å². The van der Waals surface area contributed by atoms with Gasteiger partial charge in [0.15, 0.2) is 0 Å². The maximum atomic E-state index is 5.10. The highest BCUT2D eigenvalue weighted by molar-refractivity contribution is 5.35. The summed E-state index contributed by atoms with van der Waals surface area (Å²) in [6, 6.07) is 1.96. The molecule has 1 aromatic heterocycles. The molecule has 1 N–H and O–H groups in total. The Balaban J connectivity index is 2.80. The van der Waals surface area contributed by atoms with E-state index >= 15 is 0 Å². The van der Waals surface area contributed by atoms with Crippen LogP contribution in [0.5, 0.6) is 0 Å². The van der Waals surface area contributed by atoms with Crippen molar-refractivity contribution in [1.82, 2.24) is 9.97 Å². The number of hydrogen-bond acceptors (Lipinski definition) is 4. The molecule has 1 aromatic rings. The first-order valence-electron chi connectivity index (χ1n) is 5.89. The topological polar surface area (TPSA) is 47.0 Å². The van der Waals surface area contributed by atoms with E-state index in [1.54, 1.807) is 7.11 Å². The van der Waals surface area contributed by atoms with Gasteiger partial charge in [-0.25, -0.2) is 9.97 Å². The zero-order chi connectivity index (χ0) is 11.8. The maximum absolute atomic E-state index is 5.10. The summed E-state index contributed by atoms with van der Waals surface area (Å²) in [5.74, 6) is 1.81. The molecular formula is C12H21N3O. The van der Waals surface area contributed by atoms with Crippen LogP contribution in [0.15, 0.2) is 6.07 Å². The Morgan fingerprint density at radius 2 is 2.06 bits per heavy atom. The van der Waals surface area contributed by atoms with Crippen molar-refractivity contribution in [3.63, 3.8) is 0 Å². The molecule has 0 aliphatic heterocycles. The van der Waals surface area contributed by atoms with Gasteiger partial charge in [-0.2, -0.15) is 0 Å². The maximum Gasteiger partial charge on any atom is 0.131 e. The number of nitrogens with zero attached hydrogens (tertiary/aromatic N) is 2. The van der Waals surface area contributed by atoms with Crippen LogP contribution in [-0.4, -0.2) is 23.6 Å². The number of aromatic nitrogens is 2. The minimum Gasteiger partial charge on any atom is -0.378 e. The van der Waals surface area contributed by atoms with Gasteiger partial charge in [0.25, 0.3) is 0 Å². The molecule has 4 heteroatoms. The standard InChI is InChI=1S/C12H21N3O/c1-4-6-11-14-10(9-16-3)8-12(15-11)13-7-5-2/h8H,4-7,9H2,1-3H3,(H,13,14,15). The number of hydrogen-bond donors (Lipinski definition) is 1. The lowest BCUT2D eigenvalue weighted by Crippen LogP contribution is -2.07. The Kier molecular flexibility index (Phi) is 5.78. The van der Waals surface area contributed by atoms with Crippen LogP contribution in [0.25, 0.3) is 0 Å². The van der Waals surface area contributed by atoms with Crippen LogP contribution in [0.1, 0.15) is 38.2 Å². The van der Waals surface area contributed by atoms with Crippen molar-refractivity contribution in [2.45, 2.75) is 39.7 Å². The van der Waals surface area contributed by atoms with Crippen LogP contribution in [0.3, 0.4) is 0 Å². The molecule has 0 spiro atoms. The summed E-state index contributed by atoms with van der Waals surface area (Å²) in [7, 11) is 1.68. The van der Waals surface area contributed by atoms with E-state index in [0.29, 0.717) is 6.61 Å². The Morgan fingerprint density at radius 1 is 1.25 bits per heavy atom. The zero-order valence-corrected chi connectivity index (χ0v) is 10.4. The highest BCUT2D eigenvalue weighted by Crippen LogP contribution is 2.09. The second-order valence-corrected chi connectivity index (χ2v) is 3.77. The third kappa shape index (κ3) is 4.14. The minimum atomic E-state index is 0.542. The van der Waals surface area contributed by atoms with Crippen molar-refractivity contribution in [2.75, 3.05) is 19.0 Å². The number of anilines is 1. The molecule has 0 radical (unpaired) electrons. The summed E-state index contributed by atoms with van der Waals surface area (Å²) < 4.78 is 5.10. The Labute approximate surface area is 97.5 Å². The smallest absolute Gasteiger partial charge is 0.131 e. The van der Waals surface area contributed by atoms with Gasteiger partial charge in [-0.05, 0) is 12.8 Å². The largest absolute Gasteiger partial charge is 0.378 e. The fourth-order valence-electron chi connectivity index (χ4n) is 1.45. The van der Waals surface area contributed by atoms with E-state index in [0.717, 1.165) is 43.1 Å². The van der Waals surface area contributed by atoms with Crippen molar-refractivity contribution < 1.29 is 4.74 Å². The average Bonchev–Trinajstić information content (AvgIpc) is 2.27. The lowest BCUT2D eigenvalue weighted by Gasteiger charge is -2.08. The molecule has 0 aliphatic rings. The van der Waals surface area contributed by atoms with E-state index in [1.165, 1.54) is 0 Å². The summed E-state index contributed by atoms with van der Waals surface area (Å²) in [5.41, 5.74) is 0.944. The lowest BCUT2D eigenvalue weighted by molar-refractivity contribution is 0.181. The third-order valence-electron chi connectivity index (χ3n) is 2.15. The van der Waals surface area contributed by atoms with E-state index in [-0.39, 0.29) is 0 Å². The van der Waals surface area contributed by atoms with Crippen molar-refractivity contribution >= 4 is 5.82 Å². The van der Waals surface area contributed by atoms with E-state index < -0.39 is 0 Å². The molecule has 0 fully saturated rings. The van der Waals surface area contributed by atoms with Crippen LogP contribution < -0.4 is 5.32 Å². The molecule has 90 valence electrons. The molecule has 16 heavy (non-hydrogen) atoms. The Bertz CT molecular complexity index is 291. The molecular weight excluding hydrogens is 202 g/mol. The molecule has 0 atom stereocenters. The molecule has 0 bridgehead atoms. The number of nitrogens with one attached hydrogen (secondary N) is 1. The van der Waals surface area contributed by atoms with Crippen molar-refractivity contribution in [2.24, 2.45) is 0 Å². The van der Waals surface area contributed by atoms with Crippen LogP contribution in [0.2, 0.25) is 0 Å². The monoisotopic (exact) mass is 223 g/mol. The first kappa shape index (κ1) is 12.9. The molecule has 0 aliphatic carbocycles. The molecule has 0 unspecified atom stereocenters. The van der Waals surface area contributed by atoms with Crippen LogP contribution in [0.4, 0.5) is 5.82 Å². The predicted octanol–water partition coefficient (Wildman–Crippen LogP) is 2.40. The van der Waals surface area contributed by atoms with Gasteiger partial charge >= 0.3 is 0 Å². The van der Waals surface area contributed by atoms with Crippen molar-refractivity contribution in [3.8, 4) is 0 Å². The third-order valence-corrected chi connectivity index (χ3v) is 2.15. The summed E-state index contributed by atoms with van der Waals surface area (Å²) in [6.45, 7) is 5.75. The second kappa shape index (κ2) is 7.17. The van der Waals surface area contributed by atoms with Gasteiger partial charge in [0.2, 0.25) is 0 Å². The Hall–Kier alpha value is -1.16. The summed E-state index contributed by atoms with van der Waals surface area (Å²) in [4.78, 5) is 8.91. The minimum absolute atomic E-state index is 0.542. The van der Waals surface area contributed by atoms with Crippen LogP contribution in [-0.2, 0) is 17.8 Å². The number of aryl methyl sites for hydroxylation is 1. The summed E-state index contributed by atoms with van der Waals surface area (Å²) >= 11 is 0. The molecule has 0 amide bonds. The molecule has 1 rings (SSSR count). The highest BCUT2D eigenvalue weighted by Gasteiger charge is 2.03. The quantitative estimate of drug-likeness (QED) is 0.771. The molecule has 1 heterocycles. The van der Waals surface area contributed by atoms with Gasteiger partial charge in [-0.3, -0.25) is 0 Å². The van der Waals surface area contributed by atoms with Crippen molar-refractivity contribution in [3.05, 3.63) is 17.6 Å². The number of rotatable bonds is 7. The highest BCUT2D eigenvalue weighted by atomic mass is 16.5. The van der Waals surface area contributed by atoms with Crippen molar-refractivity contribution in [1.29, 1.82) is 0 Å². The average molecular weight is 223 g/mol. The fourth-order valence-corrected chi connectivity index (χ4v) is 1.45.